The van der Waals surface area contributed by atoms with E-state index in [1.165, 1.54) is 25.7 Å². The van der Waals surface area contributed by atoms with Crippen LogP contribution in [-0.4, -0.2) is 16.0 Å². The van der Waals surface area contributed by atoms with Gasteiger partial charge in [-0.05, 0) is 31.6 Å². The number of aryl methyl sites for hydroxylation is 1. The molecule has 1 saturated carbocycles. The summed E-state index contributed by atoms with van der Waals surface area (Å²) in [7, 11) is 0. The average Bonchev–Trinajstić information content (AvgIpc) is 2.44. The molecule has 4 nitrogen and oxygen atoms in total. The largest absolute Gasteiger partial charge is 0.383 e. The van der Waals surface area contributed by atoms with Crippen molar-refractivity contribution in [1.29, 1.82) is 0 Å². The molecule has 0 saturated heterocycles. The van der Waals surface area contributed by atoms with Crippen LogP contribution in [-0.2, 0) is 6.42 Å². The lowest BCUT2D eigenvalue weighted by Crippen LogP contribution is -2.36. The van der Waals surface area contributed by atoms with Gasteiger partial charge in [0.25, 0.3) is 0 Å². The minimum atomic E-state index is 0.515. The van der Waals surface area contributed by atoms with Crippen LogP contribution < -0.4 is 11.1 Å². The molecule has 2 atom stereocenters. The van der Waals surface area contributed by atoms with E-state index in [1.54, 1.807) is 0 Å². The van der Waals surface area contributed by atoms with Gasteiger partial charge < -0.3 is 11.1 Å². The normalized spacial score (nSPS) is 23.1. The van der Waals surface area contributed by atoms with Gasteiger partial charge in [-0.15, -0.1) is 0 Å². The molecule has 112 valence electrons. The van der Waals surface area contributed by atoms with Gasteiger partial charge in [-0.2, -0.15) is 0 Å². The van der Waals surface area contributed by atoms with E-state index in [0.29, 0.717) is 17.8 Å². The second kappa shape index (κ2) is 6.42. The molecule has 2 rings (SSSR count). The summed E-state index contributed by atoms with van der Waals surface area (Å²) in [5.74, 6) is 3.80. The van der Waals surface area contributed by atoms with Gasteiger partial charge in [-0.25, -0.2) is 9.97 Å². The van der Waals surface area contributed by atoms with Gasteiger partial charge in [-0.3, -0.25) is 0 Å². The number of nitrogens with zero attached hydrogens (tertiary/aromatic N) is 2. The first-order valence-electron chi connectivity index (χ1n) is 7.92. The maximum atomic E-state index is 6.01. The molecule has 3 N–H and O–H groups in total. The second-order valence-corrected chi connectivity index (χ2v) is 6.30. The molecule has 0 aromatic carbocycles. The van der Waals surface area contributed by atoms with Crippen molar-refractivity contribution in [3.63, 3.8) is 0 Å². The van der Waals surface area contributed by atoms with Gasteiger partial charge in [0.2, 0.25) is 0 Å². The number of aromatic nitrogens is 2. The Labute approximate surface area is 122 Å². The van der Waals surface area contributed by atoms with E-state index in [4.69, 9.17) is 5.73 Å². The zero-order valence-electron chi connectivity index (χ0n) is 13.2. The van der Waals surface area contributed by atoms with Crippen LogP contribution in [0.5, 0.6) is 0 Å². The highest BCUT2D eigenvalue weighted by Crippen LogP contribution is 2.33. The summed E-state index contributed by atoms with van der Waals surface area (Å²) in [6.45, 7) is 8.71. The fourth-order valence-corrected chi connectivity index (χ4v) is 3.19. The molecule has 1 aromatic rings. The first-order chi connectivity index (χ1) is 9.52. The molecule has 2 unspecified atom stereocenters. The van der Waals surface area contributed by atoms with Crippen molar-refractivity contribution in [3.8, 4) is 0 Å². The van der Waals surface area contributed by atoms with Crippen molar-refractivity contribution in [2.75, 3.05) is 11.1 Å². The van der Waals surface area contributed by atoms with Crippen LogP contribution in [0, 0.1) is 18.8 Å². The summed E-state index contributed by atoms with van der Waals surface area (Å²) in [6.07, 6.45) is 6.02. The zero-order chi connectivity index (χ0) is 14.7. The van der Waals surface area contributed by atoms with Crippen LogP contribution >= 0.6 is 0 Å². The van der Waals surface area contributed by atoms with Crippen LogP contribution in [0.4, 0.5) is 11.6 Å². The molecular formula is C16H28N4. The second-order valence-electron chi connectivity index (χ2n) is 6.30. The third-order valence-corrected chi connectivity index (χ3v) is 4.54. The first kappa shape index (κ1) is 15.1. The van der Waals surface area contributed by atoms with Crippen molar-refractivity contribution in [2.24, 2.45) is 11.8 Å². The summed E-state index contributed by atoms with van der Waals surface area (Å²) >= 11 is 0. The number of nitrogens with two attached hydrogens (primary N) is 1. The fourth-order valence-electron chi connectivity index (χ4n) is 3.19. The lowest BCUT2D eigenvalue weighted by Gasteiger charge is -2.35. The van der Waals surface area contributed by atoms with Crippen molar-refractivity contribution in [2.45, 2.75) is 65.8 Å². The Bertz CT molecular complexity index is 456. The maximum absolute atomic E-state index is 6.01. The van der Waals surface area contributed by atoms with E-state index in [0.717, 1.165) is 29.5 Å². The molecule has 1 aliphatic carbocycles. The number of hydrogen-bond donors (Lipinski definition) is 2. The van der Waals surface area contributed by atoms with Gasteiger partial charge >= 0.3 is 0 Å². The van der Waals surface area contributed by atoms with Crippen molar-refractivity contribution in [3.05, 3.63) is 11.4 Å². The minimum absolute atomic E-state index is 0.515. The fraction of sp³-hybridized carbons (Fsp3) is 0.750. The summed E-state index contributed by atoms with van der Waals surface area (Å²) in [6, 6.07) is 0.515. The Hall–Kier alpha value is -1.32. The van der Waals surface area contributed by atoms with Crippen LogP contribution in [0.3, 0.4) is 0 Å². The van der Waals surface area contributed by atoms with E-state index in [-0.39, 0.29) is 0 Å². The Morgan fingerprint density at radius 1 is 1.25 bits per heavy atom. The Balaban J connectivity index is 2.21. The quantitative estimate of drug-likeness (QED) is 0.882. The number of rotatable bonds is 4. The highest BCUT2D eigenvalue weighted by molar-refractivity contribution is 5.55. The Morgan fingerprint density at radius 2 is 1.95 bits per heavy atom. The molecule has 20 heavy (non-hydrogen) atoms. The molecule has 0 bridgehead atoms. The lowest BCUT2D eigenvalue weighted by molar-refractivity contribution is 0.253. The van der Waals surface area contributed by atoms with Gasteiger partial charge in [-0.1, -0.05) is 33.6 Å². The van der Waals surface area contributed by atoms with E-state index in [1.807, 2.05) is 6.92 Å². The summed E-state index contributed by atoms with van der Waals surface area (Å²) in [5.41, 5.74) is 6.99. The van der Waals surface area contributed by atoms with E-state index >= 15 is 0 Å². The molecule has 0 amide bonds. The Morgan fingerprint density at radius 3 is 2.60 bits per heavy atom. The number of nitrogen functional groups attached to an aromatic ring is 1. The van der Waals surface area contributed by atoms with Crippen molar-refractivity contribution >= 4 is 11.6 Å². The summed E-state index contributed by atoms with van der Waals surface area (Å²) < 4.78 is 0. The van der Waals surface area contributed by atoms with Crippen LogP contribution in [0.2, 0.25) is 0 Å². The summed E-state index contributed by atoms with van der Waals surface area (Å²) in [5, 5.41) is 3.66. The monoisotopic (exact) mass is 276 g/mol. The van der Waals surface area contributed by atoms with Gasteiger partial charge in [0.05, 0.1) is 0 Å². The predicted octanol–water partition coefficient (Wildman–Crippen LogP) is 3.56. The van der Waals surface area contributed by atoms with Crippen LogP contribution in [0.15, 0.2) is 0 Å². The minimum Gasteiger partial charge on any atom is -0.383 e. The highest BCUT2D eigenvalue weighted by Gasteiger charge is 2.28. The van der Waals surface area contributed by atoms with Crippen LogP contribution in [0.25, 0.3) is 0 Å². The molecule has 1 fully saturated rings. The highest BCUT2D eigenvalue weighted by atomic mass is 15.1. The Kier molecular flexibility index (Phi) is 4.84. The maximum Gasteiger partial charge on any atom is 0.134 e. The molecular weight excluding hydrogens is 248 g/mol. The SMILES string of the molecule is CCc1nc(N)c(C)c(NC2CCCCC2C(C)C)n1. The van der Waals surface area contributed by atoms with Gasteiger partial charge in [0, 0.05) is 18.0 Å². The van der Waals surface area contributed by atoms with Gasteiger partial charge in [0.1, 0.15) is 17.5 Å². The molecule has 0 aliphatic heterocycles. The topological polar surface area (TPSA) is 63.8 Å². The first-order valence-corrected chi connectivity index (χ1v) is 7.92. The van der Waals surface area contributed by atoms with E-state index < -0.39 is 0 Å². The predicted molar refractivity (Wildman–Crippen MR) is 84.8 cm³/mol. The van der Waals surface area contributed by atoms with E-state index in [9.17, 15) is 0 Å². The molecule has 4 heteroatoms. The molecule has 0 spiro atoms. The number of hydrogen-bond acceptors (Lipinski definition) is 4. The average molecular weight is 276 g/mol. The van der Waals surface area contributed by atoms with Crippen LogP contribution in [0.1, 0.15) is 57.8 Å². The molecule has 0 radical (unpaired) electrons. The molecule has 1 heterocycles. The third kappa shape index (κ3) is 3.22. The lowest BCUT2D eigenvalue weighted by atomic mass is 9.78. The summed E-state index contributed by atoms with van der Waals surface area (Å²) in [4.78, 5) is 8.96. The van der Waals surface area contributed by atoms with E-state index in [2.05, 4.69) is 36.1 Å². The smallest absolute Gasteiger partial charge is 0.134 e. The van der Waals surface area contributed by atoms with Crippen molar-refractivity contribution < 1.29 is 0 Å². The standard InChI is InChI=1S/C16H28N4/c1-5-14-19-15(17)11(4)16(20-14)18-13-9-7-6-8-12(13)10(2)3/h10,12-13H,5-9H2,1-4H3,(H3,17,18,19,20). The number of anilines is 2. The molecule has 1 aliphatic rings. The zero-order valence-corrected chi connectivity index (χ0v) is 13.2. The number of nitrogens with one attached hydrogen (secondary N) is 1. The van der Waals surface area contributed by atoms with Crippen molar-refractivity contribution in [1.82, 2.24) is 9.97 Å². The van der Waals surface area contributed by atoms with Gasteiger partial charge in [0.15, 0.2) is 0 Å². The third-order valence-electron chi connectivity index (χ3n) is 4.54. The molecule has 1 aromatic heterocycles.